The third-order valence-electron chi connectivity index (χ3n) is 5.23. The van der Waals surface area contributed by atoms with Crippen molar-refractivity contribution >= 4 is 0 Å². The largest absolute Gasteiger partial charge is 0.384 e. The molecular formula is C17H27N7O. The summed E-state index contributed by atoms with van der Waals surface area (Å²) in [5, 5.41) is 29.5. The van der Waals surface area contributed by atoms with Gasteiger partial charge in [-0.05, 0) is 39.5 Å². The molecular weight excluding hydrogens is 318 g/mol. The Morgan fingerprint density at radius 3 is 2.80 bits per heavy atom. The van der Waals surface area contributed by atoms with E-state index in [0.29, 0.717) is 24.2 Å². The number of H-pyrrole nitrogens is 1. The molecule has 3 N–H and O–H groups in total. The van der Waals surface area contributed by atoms with E-state index < -0.39 is 5.60 Å². The monoisotopic (exact) mass is 345 g/mol. The normalized spacial score (nSPS) is 24.6. The fourth-order valence-corrected chi connectivity index (χ4v) is 3.53. The molecule has 0 aliphatic heterocycles. The number of hydrogen-bond acceptors (Lipinski definition) is 6. The second-order valence-electron chi connectivity index (χ2n) is 7.90. The Labute approximate surface area is 147 Å². The maximum absolute atomic E-state index is 10.1. The molecule has 0 radical (unpaired) electrons. The molecule has 0 unspecified atom stereocenters. The second-order valence-corrected chi connectivity index (χ2v) is 7.90. The number of aliphatic hydroxyl groups is 1. The first-order chi connectivity index (χ1) is 12.0. The van der Waals surface area contributed by atoms with Crippen molar-refractivity contribution in [3.8, 4) is 0 Å². The van der Waals surface area contributed by atoms with E-state index >= 15 is 0 Å². The first-order valence-electron chi connectivity index (χ1n) is 9.30. The van der Waals surface area contributed by atoms with Crippen molar-refractivity contribution in [2.75, 3.05) is 0 Å². The molecule has 0 aromatic carbocycles. The number of aromatic amines is 1. The number of nitrogens with zero attached hydrogens (tertiary/aromatic N) is 5. The van der Waals surface area contributed by atoms with E-state index in [-0.39, 0.29) is 6.04 Å². The average Bonchev–Trinajstić information content (AvgIpc) is 3.12. The minimum atomic E-state index is -0.963. The van der Waals surface area contributed by atoms with Gasteiger partial charge in [-0.2, -0.15) is 5.10 Å². The van der Waals surface area contributed by atoms with Gasteiger partial charge in [-0.3, -0.25) is 5.10 Å². The lowest BCUT2D eigenvalue weighted by atomic mass is 9.90. The highest BCUT2D eigenvalue weighted by Gasteiger charge is 2.30. The van der Waals surface area contributed by atoms with Crippen molar-refractivity contribution in [1.82, 2.24) is 35.5 Å². The molecule has 0 saturated heterocycles. The van der Waals surface area contributed by atoms with Gasteiger partial charge < -0.3 is 10.4 Å². The minimum absolute atomic E-state index is 0.253. The zero-order valence-corrected chi connectivity index (χ0v) is 14.9. The topological polar surface area (TPSA) is 105 Å². The van der Waals surface area contributed by atoms with Crippen LogP contribution in [0.15, 0.2) is 6.20 Å². The minimum Gasteiger partial charge on any atom is -0.384 e. The Bertz CT molecular complexity index is 713. The molecule has 0 spiro atoms. The Balaban J connectivity index is 1.42. The summed E-state index contributed by atoms with van der Waals surface area (Å²) < 4.78 is 1.92. The Morgan fingerprint density at radius 2 is 2.08 bits per heavy atom. The van der Waals surface area contributed by atoms with Crippen molar-refractivity contribution in [1.29, 1.82) is 0 Å². The van der Waals surface area contributed by atoms with E-state index in [2.05, 4.69) is 30.8 Å². The Morgan fingerprint density at radius 1 is 1.28 bits per heavy atom. The molecule has 2 aromatic rings. The maximum atomic E-state index is 10.1. The van der Waals surface area contributed by atoms with Crippen molar-refractivity contribution in [2.24, 2.45) is 0 Å². The summed E-state index contributed by atoms with van der Waals surface area (Å²) in [7, 11) is 0. The van der Waals surface area contributed by atoms with Crippen molar-refractivity contribution in [2.45, 2.75) is 82.5 Å². The molecule has 136 valence electrons. The van der Waals surface area contributed by atoms with Crippen molar-refractivity contribution in [3.63, 3.8) is 0 Å². The van der Waals surface area contributed by atoms with E-state index in [9.17, 15) is 5.11 Å². The van der Waals surface area contributed by atoms with Gasteiger partial charge in [0.1, 0.15) is 17.1 Å². The van der Waals surface area contributed by atoms with E-state index in [1.807, 2.05) is 10.9 Å². The molecule has 2 aromatic heterocycles. The van der Waals surface area contributed by atoms with Crippen LogP contribution in [0.4, 0.5) is 0 Å². The average molecular weight is 345 g/mol. The molecule has 8 nitrogen and oxygen atoms in total. The summed E-state index contributed by atoms with van der Waals surface area (Å²) in [6.45, 7) is 4.16. The molecule has 0 amide bonds. The zero-order valence-electron chi connectivity index (χ0n) is 14.9. The van der Waals surface area contributed by atoms with Gasteiger partial charge in [-0.1, -0.05) is 18.1 Å². The lowest BCUT2D eigenvalue weighted by Gasteiger charge is -2.32. The van der Waals surface area contributed by atoms with Crippen LogP contribution in [0.2, 0.25) is 0 Å². The molecule has 0 bridgehead atoms. The van der Waals surface area contributed by atoms with Gasteiger partial charge in [0, 0.05) is 12.0 Å². The van der Waals surface area contributed by atoms with Gasteiger partial charge in [0.2, 0.25) is 0 Å². The predicted octanol–water partition coefficient (Wildman–Crippen LogP) is 1.77. The maximum Gasteiger partial charge on any atom is 0.153 e. The van der Waals surface area contributed by atoms with E-state index in [1.54, 1.807) is 13.8 Å². The van der Waals surface area contributed by atoms with E-state index in [1.165, 1.54) is 25.7 Å². The number of aromatic nitrogens is 6. The third-order valence-corrected chi connectivity index (χ3v) is 5.23. The van der Waals surface area contributed by atoms with Crippen LogP contribution in [0.5, 0.6) is 0 Å². The number of nitrogens with one attached hydrogen (secondary N) is 2. The summed E-state index contributed by atoms with van der Waals surface area (Å²) in [5.74, 6) is 2.44. The third kappa shape index (κ3) is 3.74. The van der Waals surface area contributed by atoms with Gasteiger partial charge in [0.05, 0.1) is 18.8 Å². The highest BCUT2D eigenvalue weighted by atomic mass is 16.3. The van der Waals surface area contributed by atoms with Gasteiger partial charge >= 0.3 is 0 Å². The quantitative estimate of drug-likeness (QED) is 0.737. The van der Waals surface area contributed by atoms with Gasteiger partial charge in [-0.25, -0.2) is 9.67 Å². The molecule has 25 heavy (non-hydrogen) atoms. The lowest BCUT2D eigenvalue weighted by molar-refractivity contribution is 0.0736. The molecule has 2 heterocycles. The molecule has 2 aliphatic carbocycles. The van der Waals surface area contributed by atoms with Crippen LogP contribution in [0.25, 0.3) is 0 Å². The highest BCUT2D eigenvalue weighted by molar-refractivity contribution is 5.06. The molecule has 2 aliphatic rings. The summed E-state index contributed by atoms with van der Waals surface area (Å²) in [4.78, 5) is 4.59. The summed E-state index contributed by atoms with van der Waals surface area (Å²) in [5.41, 5.74) is -0.351. The molecule has 2 saturated carbocycles. The van der Waals surface area contributed by atoms with E-state index in [4.69, 9.17) is 0 Å². The molecule has 8 heteroatoms. The summed E-state index contributed by atoms with van der Waals surface area (Å²) in [6.07, 6.45) is 8.88. The lowest BCUT2D eigenvalue weighted by Crippen LogP contribution is -2.40. The zero-order chi connectivity index (χ0) is 17.4. The van der Waals surface area contributed by atoms with Gasteiger partial charge in [0.15, 0.2) is 5.82 Å². The van der Waals surface area contributed by atoms with E-state index in [0.717, 1.165) is 24.5 Å². The Hall–Kier alpha value is -1.80. The van der Waals surface area contributed by atoms with Crippen LogP contribution >= 0.6 is 0 Å². The summed E-state index contributed by atoms with van der Waals surface area (Å²) in [6, 6.07) is 0.572. The first kappa shape index (κ1) is 16.7. The summed E-state index contributed by atoms with van der Waals surface area (Å²) >= 11 is 0. The fraction of sp³-hybridized carbons (Fsp3) is 0.765. The van der Waals surface area contributed by atoms with Crippen LogP contribution in [-0.4, -0.2) is 41.3 Å². The second kappa shape index (κ2) is 6.49. The highest BCUT2D eigenvalue weighted by Crippen LogP contribution is 2.37. The van der Waals surface area contributed by atoms with Crippen LogP contribution < -0.4 is 5.32 Å². The standard InChI is InChI=1S/C17H27N7O/c1-17(2,25)14-10-24(23-20-14)13-6-4-3-5-12(13)18-9-15-19-16(22-21-15)11-7-8-11/h10-13,18,25H,3-9H2,1-2H3,(H,19,21,22)/t12-,13+/m0/s1. The SMILES string of the molecule is CC(C)(O)c1cn([C@@H]2CCCC[C@@H]2NCc2nc(C3CC3)n[nH]2)nn1. The molecule has 2 atom stereocenters. The van der Waals surface area contributed by atoms with Crippen LogP contribution in [-0.2, 0) is 12.1 Å². The van der Waals surface area contributed by atoms with Crippen LogP contribution in [0.3, 0.4) is 0 Å². The van der Waals surface area contributed by atoms with Crippen LogP contribution in [0, 0.1) is 0 Å². The predicted molar refractivity (Wildman–Crippen MR) is 91.8 cm³/mol. The smallest absolute Gasteiger partial charge is 0.153 e. The van der Waals surface area contributed by atoms with Crippen LogP contribution in [0.1, 0.15) is 81.7 Å². The number of hydrogen-bond donors (Lipinski definition) is 3. The van der Waals surface area contributed by atoms with Gasteiger partial charge in [-0.15, -0.1) is 5.10 Å². The number of rotatable bonds is 6. The fourth-order valence-electron chi connectivity index (χ4n) is 3.53. The van der Waals surface area contributed by atoms with Crippen molar-refractivity contribution < 1.29 is 5.11 Å². The molecule has 4 rings (SSSR count). The molecule has 2 fully saturated rings. The Kier molecular flexibility index (Phi) is 4.33. The van der Waals surface area contributed by atoms with Gasteiger partial charge in [0.25, 0.3) is 0 Å². The first-order valence-corrected chi connectivity index (χ1v) is 9.30. The van der Waals surface area contributed by atoms with Crippen molar-refractivity contribution in [3.05, 3.63) is 23.5 Å².